The summed E-state index contributed by atoms with van der Waals surface area (Å²) in [6.07, 6.45) is 3.47. The van der Waals surface area contributed by atoms with Crippen LogP contribution in [-0.2, 0) is 0 Å². The smallest absolute Gasteiger partial charge is 0.228 e. The van der Waals surface area contributed by atoms with Crippen LogP contribution in [0.2, 0.25) is 0 Å². The molecule has 26 heavy (non-hydrogen) atoms. The molecular weight excluding hydrogens is 330 g/mol. The molecule has 1 aliphatic rings. The Morgan fingerprint density at radius 2 is 1.65 bits per heavy atom. The number of rotatable bonds is 4. The summed E-state index contributed by atoms with van der Waals surface area (Å²) in [5, 5.41) is 8.69. The van der Waals surface area contributed by atoms with Gasteiger partial charge in [0.25, 0.3) is 0 Å². The largest absolute Gasteiger partial charge is 0.481 e. The van der Waals surface area contributed by atoms with Crippen molar-refractivity contribution in [1.29, 1.82) is 0 Å². The van der Waals surface area contributed by atoms with Gasteiger partial charge in [0.2, 0.25) is 11.8 Å². The molecule has 3 aromatic heterocycles. The van der Waals surface area contributed by atoms with Crippen LogP contribution in [0, 0.1) is 0 Å². The first-order chi connectivity index (χ1) is 12.8. The molecule has 0 unspecified atom stereocenters. The van der Waals surface area contributed by atoms with Gasteiger partial charge in [-0.3, -0.25) is 4.98 Å². The molecule has 0 amide bonds. The summed E-state index contributed by atoms with van der Waals surface area (Å²) in [5.41, 5.74) is 1.60. The van der Waals surface area contributed by atoms with Crippen molar-refractivity contribution in [3.8, 4) is 17.3 Å². The van der Waals surface area contributed by atoms with E-state index in [0.29, 0.717) is 11.8 Å². The highest BCUT2D eigenvalue weighted by atomic mass is 16.5. The first-order valence-electron chi connectivity index (χ1n) is 8.45. The Labute approximate surface area is 151 Å². The van der Waals surface area contributed by atoms with E-state index in [1.54, 1.807) is 25.6 Å². The lowest BCUT2D eigenvalue weighted by atomic mass is 10.2. The molecule has 132 valence electrons. The van der Waals surface area contributed by atoms with E-state index in [2.05, 4.69) is 34.9 Å². The maximum absolute atomic E-state index is 5.17. The maximum Gasteiger partial charge on any atom is 0.228 e. The first-order valence-corrected chi connectivity index (χ1v) is 8.45. The number of hydrogen-bond donors (Lipinski definition) is 0. The number of methoxy groups -OCH3 is 1. The molecule has 0 bridgehead atoms. The number of pyridine rings is 1. The molecule has 0 aromatic carbocycles. The van der Waals surface area contributed by atoms with Gasteiger partial charge in [-0.25, -0.2) is 4.98 Å². The van der Waals surface area contributed by atoms with Gasteiger partial charge in [-0.2, -0.15) is 4.98 Å². The summed E-state index contributed by atoms with van der Waals surface area (Å²) in [6, 6.07) is 11.5. The number of aromatic nitrogens is 5. The molecule has 3 aromatic rings. The summed E-state index contributed by atoms with van der Waals surface area (Å²) < 4.78 is 5.17. The van der Waals surface area contributed by atoms with Crippen molar-refractivity contribution in [3.05, 3.63) is 48.8 Å². The number of nitrogens with zero attached hydrogens (tertiary/aromatic N) is 7. The third-order valence-corrected chi connectivity index (χ3v) is 4.29. The molecule has 8 heteroatoms. The second-order valence-electron chi connectivity index (χ2n) is 5.86. The van der Waals surface area contributed by atoms with Crippen LogP contribution in [0.4, 0.5) is 11.8 Å². The molecule has 0 saturated carbocycles. The van der Waals surface area contributed by atoms with Gasteiger partial charge in [0.05, 0.1) is 12.8 Å². The van der Waals surface area contributed by atoms with Gasteiger partial charge in [-0.15, -0.1) is 10.2 Å². The highest BCUT2D eigenvalue weighted by molar-refractivity contribution is 5.55. The second-order valence-corrected chi connectivity index (χ2v) is 5.86. The highest BCUT2D eigenvalue weighted by Crippen LogP contribution is 2.19. The lowest BCUT2D eigenvalue weighted by molar-refractivity contribution is 0.396. The molecule has 0 radical (unpaired) electrons. The van der Waals surface area contributed by atoms with Gasteiger partial charge >= 0.3 is 0 Å². The van der Waals surface area contributed by atoms with Crippen molar-refractivity contribution < 1.29 is 4.74 Å². The van der Waals surface area contributed by atoms with Crippen LogP contribution in [-0.4, -0.2) is 58.4 Å². The Bertz CT molecular complexity index is 849. The fraction of sp³-hybridized carbons (Fsp3) is 0.278. The SMILES string of the molecule is COc1ccnc(N2CCN(c3ccc(-c4ccccn4)nn3)CC2)n1. The molecule has 0 spiro atoms. The quantitative estimate of drug-likeness (QED) is 0.704. The Morgan fingerprint density at radius 3 is 2.35 bits per heavy atom. The zero-order chi connectivity index (χ0) is 17.8. The molecule has 1 saturated heterocycles. The van der Waals surface area contributed by atoms with Crippen LogP contribution in [0.25, 0.3) is 11.4 Å². The van der Waals surface area contributed by atoms with Crippen LogP contribution in [0.15, 0.2) is 48.8 Å². The lowest BCUT2D eigenvalue weighted by Crippen LogP contribution is -2.47. The third-order valence-electron chi connectivity index (χ3n) is 4.29. The van der Waals surface area contributed by atoms with E-state index in [1.807, 2.05) is 30.3 Å². The Morgan fingerprint density at radius 1 is 0.808 bits per heavy atom. The second kappa shape index (κ2) is 7.30. The molecule has 1 aliphatic heterocycles. The molecule has 4 heterocycles. The fourth-order valence-corrected chi connectivity index (χ4v) is 2.88. The van der Waals surface area contributed by atoms with E-state index in [0.717, 1.165) is 43.4 Å². The molecule has 0 N–H and O–H groups in total. The minimum Gasteiger partial charge on any atom is -0.481 e. The van der Waals surface area contributed by atoms with Gasteiger partial charge in [0, 0.05) is 44.6 Å². The summed E-state index contributed by atoms with van der Waals surface area (Å²) in [7, 11) is 1.61. The van der Waals surface area contributed by atoms with E-state index in [4.69, 9.17) is 4.74 Å². The highest BCUT2D eigenvalue weighted by Gasteiger charge is 2.20. The van der Waals surface area contributed by atoms with E-state index < -0.39 is 0 Å². The number of piperazine rings is 1. The predicted molar refractivity (Wildman–Crippen MR) is 98.3 cm³/mol. The third kappa shape index (κ3) is 3.39. The average molecular weight is 349 g/mol. The predicted octanol–water partition coefficient (Wildman–Crippen LogP) is 1.66. The molecule has 0 atom stereocenters. The monoisotopic (exact) mass is 349 g/mol. The summed E-state index contributed by atoms with van der Waals surface area (Å²) >= 11 is 0. The number of hydrogen-bond acceptors (Lipinski definition) is 8. The van der Waals surface area contributed by atoms with Crippen LogP contribution in [0.3, 0.4) is 0 Å². The summed E-state index contributed by atoms with van der Waals surface area (Å²) in [4.78, 5) is 17.4. The topological polar surface area (TPSA) is 80.2 Å². The average Bonchev–Trinajstić information content (AvgIpc) is 2.75. The minimum absolute atomic E-state index is 0.577. The Balaban J connectivity index is 1.41. The van der Waals surface area contributed by atoms with Gasteiger partial charge in [-0.05, 0) is 24.3 Å². The Kier molecular flexibility index (Phi) is 4.55. The van der Waals surface area contributed by atoms with Gasteiger partial charge in [0.1, 0.15) is 5.69 Å². The first kappa shape index (κ1) is 16.2. The van der Waals surface area contributed by atoms with Gasteiger partial charge in [-0.1, -0.05) is 6.07 Å². The maximum atomic E-state index is 5.17. The van der Waals surface area contributed by atoms with Gasteiger partial charge in [0.15, 0.2) is 5.82 Å². The number of anilines is 2. The van der Waals surface area contributed by atoms with Crippen molar-refractivity contribution >= 4 is 11.8 Å². The van der Waals surface area contributed by atoms with Crippen molar-refractivity contribution in [2.24, 2.45) is 0 Å². The molecule has 4 rings (SSSR count). The van der Waals surface area contributed by atoms with Crippen molar-refractivity contribution in [3.63, 3.8) is 0 Å². The zero-order valence-electron chi connectivity index (χ0n) is 14.5. The molecule has 8 nitrogen and oxygen atoms in total. The Hall–Kier alpha value is -3.29. The standard InChI is InChI=1S/C18H19N7O/c1-26-17-7-9-20-18(21-17)25-12-10-24(11-13-25)16-6-5-15(22-23-16)14-4-2-3-8-19-14/h2-9H,10-13H2,1H3. The fourth-order valence-electron chi connectivity index (χ4n) is 2.88. The molecule has 1 fully saturated rings. The summed E-state index contributed by atoms with van der Waals surface area (Å²) in [5.74, 6) is 2.14. The zero-order valence-corrected chi connectivity index (χ0v) is 14.5. The molecule has 0 aliphatic carbocycles. The van der Waals surface area contributed by atoms with Gasteiger partial charge < -0.3 is 14.5 Å². The van der Waals surface area contributed by atoms with E-state index in [-0.39, 0.29) is 0 Å². The van der Waals surface area contributed by atoms with Crippen molar-refractivity contribution in [2.45, 2.75) is 0 Å². The van der Waals surface area contributed by atoms with Crippen LogP contribution < -0.4 is 14.5 Å². The van der Waals surface area contributed by atoms with Crippen molar-refractivity contribution in [1.82, 2.24) is 25.1 Å². The lowest BCUT2D eigenvalue weighted by Gasteiger charge is -2.35. The van der Waals surface area contributed by atoms with Crippen molar-refractivity contribution in [2.75, 3.05) is 43.1 Å². The normalized spacial score (nSPS) is 14.3. The number of ether oxygens (including phenoxy) is 1. The van der Waals surface area contributed by atoms with E-state index in [1.165, 1.54) is 0 Å². The van der Waals surface area contributed by atoms with Crippen LogP contribution >= 0.6 is 0 Å². The minimum atomic E-state index is 0.577. The van der Waals surface area contributed by atoms with Crippen LogP contribution in [0.1, 0.15) is 0 Å². The summed E-state index contributed by atoms with van der Waals surface area (Å²) in [6.45, 7) is 3.30. The van der Waals surface area contributed by atoms with Crippen LogP contribution in [0.5, 0.6) is 5.88 Å². The molecular formula is C18H19N7O. The van der Waals surface area contributed by atoms with E-state index >= 15 is 0 Å². The van der Waals surface area contributed by atoms with E-state index in [9.17, 15) is 0 Å².